The summed E-state index contributed by atoms with van der Waals surface area (Å²) in [6.07, 6.45) is 24.2. The van der Waals surface area contributed by atoms with Crippen LogP contribution in [0.3, 0.4) is 0 Å². The summed E-state index contributed by atoms with van der Waals surface area (Å²) >= 11 is 4.31. The van der Waals surface area contributed by atoms with Crippen LogP contribution in [-0.4, -0.2) is 16.3 Å². The molecule has 0 aliphatic carbocycles. The van der Waals surface area contributed by atoms with Gasteiger partial charge in [0.1, 0.15) is 0 Å². The van der Waals surface area contributed by atoms with Crippen molar-refractivity contribution in [3.8, 4) is 0 Å². The summed E-state index contributed by atoms with van der Waals surface area (Å²) in [5.41, 5.74) is 0. The minimum Gasteiger partial charge on any atom is -0.481 e. The van der Waals surface area contributed by atoms with Crippen LogP contribution in [-0.2, 0) is 4.79 Å². The topological polar surface area (TPSA) is 37.3 Å². The quantitative estimate of drug-likeness (QED) is 0.155. The second-order valence-electron chi connectivity index (χ2n) is 6.98. The average Bonchev–Trinajstić information content (AvgIpc) is 2.53. The smallest absolute Gasteiger partial charge is 0.304 e. The third-order valence-corrected chi connectivity index (χ3v) is 4.90. The first kappa shape index (κ1) is 23.6. The van der Waals surface area contributed by atoms with E-state index < -0.39 is 5.97 Å². The molecule has 24 heavy (non-hydrogen) atoms. The lowest BCUT2D eigenvalue weighted by Gasteiger charge is -2.07. The first-order chi connectivity index (χ1) is 11.7. The average molecular weight is 357 g/mol. The van der Waals surface area contributed by atoms with Crippen LogP contribution in [0.2, 0.25) is 0 Å². The van der Waals surface area contributed by atoms with Gasteiger partial charge in [-0.25, -0.2) is 0 Å². The molecule has 0 radical (unpaired) electrons. The van der Waals surface area contributed by atoms with E-state index in [1.54, 1.807) is 0 Å². The van der Waals surface area contributed by atoms with Crippen molar-refractivity contribution in [1.82, 2.24) is 0 Å². The van der Waals surface area contributed by atoms with Crippen molar-refractivity contribution in [2.75, 3.05) is 0 Å². The fraction of sp³-hybridized carbons (Fsp3) is 0.857. The second kappa shape index (κ2) is 18.9. The molecule has 0 amide bonds. The zero-order valence-electron chi connectivity index (χ0n) is 15.8. The van der Waals surface area contributed by atoms with Gasteiger partial charge in [0.15, 0.2) is 0 Å². The van der Waals surface area contributed by atoms with E-state index in [-0.39, 0.29) is 11.7 Å². The summed E-state index contributed by atoms with van der Waals surface area (Å²) < 4.78 is 0. The van der Waals surface area contributed by atoms with Gasteiger partial charge in [0.2, 0.25) is 0 Å². The molecule has 2 nitrogen and oxygen atoms in total. The number of rotatable bonds is 18. The number of hydrogen-bond acceptors (Lipinski definition) is 2. The van der Waals surface area contributed by atoms with Gasteiger partial charge < -0.3 is 5.11 Å². The molecule has 1 N–H and O–H groups in total. The first-order valence-corrected chi connectivity index (χ1v) is 10.7. The molecule has 0 rings (SSSR count). The van der Waals surface area contributed by atoms with Crippen LogP contribution in [0.25, 0.3) is 0 Å². The van der Waals surface area contributed by atoms with Gasteiger partial charge in [0.25, 0.3) is 0 Å². The molecule has 0 heterocycles. The molecule has 0 aromatic carbocycles. The minimum atomic E-state index is -0.737. The highest BCUT2D eigenvalue weighted by molar-refractivity contribution is 7.81. The van der Waals surface area contributed by atoms with Gasteiger partial charge in [0.05, 0.1) is 6.42 Å². The molecule has 0 aliphatic rings. The highest BCUT2D eigenvalue weighted by atomic mass is 32.1. The predicted octanol–water partition coefficient (Wildman–Crippen LogP) is 7.19. The van der Waals surface area contributed by atoms with Gasteiger partial charge in [-0.1, -0.05) is 83.3 Å². The SMILES string of the molecule is CCCCCCCC/C=C\CCCCCCCCC(S)CC(=O)O. The number of thiol groups is 1. The Hall–Kier alpha value is -0.440. The monoisotopic (exact) mass is 356 g/mol. The van der Waals surface area contributed by atoms with E-state index in [4.69, 9.17) is 5.11 Å². The van der Waals surface area contributed by atoms with Crippen molar-refractivity contribution in [3.63, 3.8) is 0 Å². The van der Waals surface area contributed by atoms with Crippen LogP contribution in [0.4, 0.5) is 0 Å². The Morgan fingerprint density at radius 1 is 0.833 bits per heavy atom. The molecule has 142 valence electrons. The molecule has 0 aromatic rings. The fourth-order valence-corrected chi connectivity index (χ4v) is 3.27. The number of aliphatic carboxylic acids is 1. The van der Waals surface area contributed by atoms with Gasteiger partial charge in [-0.05, 0) is 32.1 Å². The molecule has 0 spiro atoms. The maximum atomic E-state index is 10.5. The minimum absolute atomic E-state index is 0.0271. The Kier molecular flexibility index (Phi) is 18.5. The highest BCUT2D eigenvalue weighted by Gasteiger charge is 2.07. The number of unbranched alkanes of at least 4 members (excludes halogenated alkanes) is 12. The van der Waals surface area contributed by atoms with Crippen LogP contribution in [0, 0.1) is 0 Å². The number of carboxylic acid groups (broad SMARTS) is 1. The van der Waals surface area contributed by atoms with E-state index >= 15 is 0 Å². The Morgan fingerprint density at radius 3 is 1.79 bits per heavy atom. The Bertz CT molecular complexity index is 302. The van der Waals surface area contributed by atoms with Crippen molar-refractivity contribution < 1.29 is 9.90 Å². The molecule has 0 saturated heterocycles. The molecule has 0 aliphatic heterocycles. The van der Waals surface area contributed by atoms with Crippen molar-refractivity contribution in [2.24, 2.45) is 0 Å². The van der Waals surface area contributed by atoms with Crippen LogP contribution < -0.4 is 0 Å². The van der Waals surface area contributed by atoms with Gasteiger partial charge >= 0.3 is 5.97 Å². The molecule has 1 atom stereocenters. The Labute approximate surface area is 155 Å². The normalized spacial score (nSPS) is 12.8. The Morgan fingerprint density at radius 2 is 1.29 bits per heavy atom. The standard InChI is InChI=1S/C21H40O2S/c1-2-3-4-5-6-7-8-9-10-11-12-13-14-15-16-17-18-20(24)19-21(22)23/h9-10,20,24H,2-8,11-19H2,1H3,(H,22,23)/b10-9-. The van der Waals surface area contributed by atoms with Crippen molar-refractivity contribution in [1.29, 1.82) is 0 Å². The van der Waals surface area contributed by atoms with Crippen molar-refractivity contribution >= 4 is 18.6 Å². The molecule has 1 unspecified atom stereocenters. The van der Waals surface area contributed by atoms with E-state index in [0.29, 0.717) is 0 Å². The second-order valence-corrected chi connectivity index (χ2v) is 7.71. The maximum Gasteiger partial charge on any atom is 0.304 e. The van der Waals surface area contributed by atoms with Gasteiger partial charge in [-0.15, -0.1) is 0 Å². The van der Waals surface area contributed by atoms with Crippen molar-refractivity contribution in [3.05, 3.63) is 12.2 Å². The third kappa shape index (κ3) is 19.6. The van der Waals surface area contributed by atoms with E-state index in [9.17, 15) is 4.79 Å². The molecule has 0 bridgehead atoms. The summed E-state index contributed by atoms with van der Waals surface area (Å²) in [4.78, 5) is 10.5. The van der Waals surface area contributed by atoms with Gasteiger partial charge in [-0.3, -0.25) is 4.79 Å². The molecule has 0 saturated carbocycles. The molecule has 0 fully saturated rings. The summed E-state index contributed by atoms with van der Waals surface area (Å²) in [5, 5.41) is 8.69. The van der Waals surface area contributed by atoms with E-state index in [0.717, 1.165) is 12.8 Å². The largest absolute Gasteiger partial charge is 0.481 e. The Balaban J connectivity index is 3.16. The summed E-state index contributed by atoms with van der Waals surface area (Å²) in [6.45, 7) is 2.27. The third-order valence-electron chi connectivity index (χ3n) is 4.46. The highest BCUT2D eigenvalue weighted by Crippen LogP contribution is 2.14. The van der Waals surface area contributed by atoms with Crippen LogP contribution in [0.5, 0.6) is 0 Å². The maximum absolute atomic E-state index is 10.5. The van der Waals surface area contributed by atoms with Crippen LogP contribution >= 0.6 is 12.6 Å². The zero-order chi connectivity index (χ0) is 17.9. The fourth-order valence-electron chi connectivity index (χ4n) is 2.93. The lowest BCUT2D eigenvalue weighted by atomic mass is 10.1. The number of carbonyl (C=O) groups is 1. The first-order valence-electron chi connectivity index (χ1n) is 10.2. The lowest BCUT2D eigenvalue weighted by Crippen LogP contribution is -2.06. The molecule has 0 aromatic heterocycles. The van der Waals surface area contributed by atoms with E-state index in [1.165, 1.54) is 83.5 Å². The predicted molar refractivity (Wildman–Crippen MR) is 109 cm³/mol. The van der Waals surface area contributed by atoms with E-state index in [1.807, 2.05) is 0 Å². The molecule has 3 heteroatoms. The summed E-state index contributed by atoms with van der Waals surface area (Å²) in [6, 6.07) is 0. The zero-order valence-corrected chi connectivity index (χ0v) is 16.7. The number of carboxylic acids is 1. The lowest BCUT2D eigenvalue weighted by molar-refractivity contribution is -0.137. The van der Waals surface area contributed by atoms with Gasteiger partial charge in [-0.2, -0.15) is 12.6 Å². The van der Waals surface area contributed by atoms with Crippen LogP contribution in [0.15, 0.2) is 12.2 Å². The number of allylic oxidation sites excluding steroid dienone is 2. The molecular formula is C21H40O2S. The summed E-state index contributed by atoms with van der Waals surface area (Å²) in [7, 11) is 0. The van der Waals surface area contributed by atoms with Crippen molar-refractivity contribution in [2.45, 2.75) is 115 Å². The van der Waals surface area contributed by atoms with E-state index in [2.05, 4.69) is 31.7 Å². The summed E-state index contributed by atoms with van der Waals surface area (Å²) in [5.74, 6) is -0.737. The number of hydrogen-bond donors (Lipinski definition) is 2. The molecular weight excluding hydrogens is 316 g/mol. The van der Waals surface area contributed by atoms with Gasteiger partial charge in [0, 0.05) is 5.25 Å². The van der Waals surface area contributed by atoms with Crippen LogP contribution in [0.1, 0.15) is 110 Å².